The highest BCUT2D eigenvalue weighted by atomic mass is 35.5. The predicted octanol–water partition coefficient (Wildman–Crippen LogP) is 1.82. The number of nitrogens with two attached hydrogens (primary N) is 1. The highest BCUT2D eigenvalue weighted by molar-refractivity contribution is 6.28. The van der Waals surface area contributed by atoms with E-state index in [2.05, 4.69) is 10.3 Å². The number of benzene rings is 1. The number of amides is 1. The number of hydrogen-bond donors (Lipinski definition) is 2. The van der Waals surface area contributed by atoms with E-state index in [9.17, 15) is 4.79 Å². The largest absolute Gasteiger partial charge is 0.386 e. The summed E-state index contributed by atoms with van der Waals surface area (Å²) in [5.74, 6) is 0.598. The normalized spacial score (nSPS) is 18.2. The Morgan fingerprint density at radius 2 is 2.28 bits per heavy atom. The number of carbonyl (C=O) groups excluding carboxylic acids is 1. The second-order valence-electron chi connectivity index (χ2n) is 4.85. The Hall–Kier alpha value is -1.55. The number of amidine groups is 1. The molecular formula is C13H16ClN3O. The van der Waals surface area contributed by atoms with E-state index < -0.39 is 5.41 Å². The van der Waals surface area contributed by atoms with Crippen molar-refractivity contribution in [3.05, 3.63) is 29.3 Å². The quantitative estimate of drug-likeness (QED) is 0.487. The number of rotatable bonds is 2. The molecule has 1 aromatic rings. The van der Waals surface area contributed by atoms with Crippen LogP contribution in [-0.4, -0.2) is 17.6 Å². The van der Waals surface area contributed by atoms with Crippen LogP contribution in [-0.2, 0) is 16.8 Å². The molecule has 0 aromatic heterocycles. The average molecular weight is 266 g/mol. The summed E-state index contributed by atoms with van der Waals surface area (Å²) in [5, 5.41) is 2.88. The van der Waals surface area contributed by atoms with Crippen LogP contribution < -0.4 is 11.1 Å². The van der Waals surface area contributed by atoms with Gasteiger partial charge in [-0.25, -0.2) is 4.99 Å². The van der Waals surface area contributed by atoms with E-state index in [1.165, 1.54) is 0 Å². The Balaban J connectivity index is 2.56. The maximum atomic E-state index is 11.9. The molecule has 1 aromatic carbocycles. The summed E-state index contributed by atoms with van der Waals surface area (Å²) in [5.41, 5.74) is 7.90. The van der Waals surface area contributed by atoms with E-state index in [-0.39, 0.29) is 11.8 Å². The van der Waals surface area contributed by atoms with Gasteiger partial charge >= 0.3 is 0 Å². The molecule has 0 bridgehead atoms. The predicted molar refractivity (Wildman–Crippen MR) is 73.3 cm³/mol. The first-order valence-corrected chi connectivity index (χ1v) is 6.30. The second kappa shape index (κ2) is 4.61. The molecule has 0 aliphatic carbocycles. The van der Waals surface area contributed by atoms with Crippen LogP contribution >= 0.6 is 11.6 Å². The summed E-state index contributed by atoms with van der Waals surface area (Å²) < 4.78 is 0. The van der Waals surface area contributed by atoms with Crippen molar-refractivity contribution in [2.24, 2.45) is 10.7 Å². The van der Waals surface area contributed by atoms with Crippen LogP contribution in [0.1, 0.15) is 25.0 Å². The maximum Gasteiger partial charge on any atom is 0.230 e. The van der Waals surface area contributed by atoms with Crippen molar-refractivity contribution in [2.45, 2.75) is 25.8 Å². The van der Waals surface area contributed by atoms with E-state index in [1.54, 1.807) is 0 Å². The molecular weight excluding hydrogens is 250 g/mol. The number of nitrogens with zero attached hydrogens (tertiary/aromatic N) is 1. The number of carbonyl (C=O) groups is 1. The zero-order valence-electron chi connectivity index (χ0n) is 10.5. The fraction of sp³-hybridized carbons (Fsp3) is 0.385. The Morgan fingerprint density at radius 3 is 2.94 bits per heavy atom. The molecule has 0 saturated heterocycles. The van der Waals surface area contributed by atoms with Gasteiger partial charge in [-0.3, -0.25) is 4.79 Å². The van der Waals surface area contributed by atoms with Crippen LogP contribution in [0.25, 0.3) is 0 Å². The molecule has 96 valence electrons. The van der Waals surface area contributed by atoms with Crippen molar-refractivity contribution in [3.63, 3.8) is 0 Å². The summed E-state index contributed by atoms with van der Waals surface area (Å²) in [4.78, 5) is 16.2. The van der Waals surface area contributed by atoms with E-state index in [4.69, 9.17) is 17.3 Å². The van der Waals surface area contributed by atoms with Gasteiger partial charge in [0.05, 0.1) is 17.0 Å². The Labute approximate surface area is 111 Å². The van der Waals surface area contributed by atoms with Gasteiger partial charge in [-0.15, -0.1) is 11.6 Å². The van der Waals surface area contributed by atoms with Gasteiger partial charge in [0.15, 0.2) is 0 Å². The van der Waals surface area contributed by atoms with Crippen LogP contribution in [0.15, 0.2) is 23.2 Å². The summed E-state index contributed by atoms with van der Waals surface area (Å²) >= 11 is 5.64. The van der Waals surface area contributed by atoms with Crippen LogP contribution in [0.4, 0.5) is 5.69 Å². The number of hydrogen-bond acceptors (Lipinski definition) is 2. The summed E-state index contributed by atoms with van der Waals surface area (Å²) in [6.07, 6.45) is 0. The third kappa shape index (κ3) is 2.08. The summed E-state index contributed by atoms with van der Waals surface area (Å²) in [6.45, 7) is 4.28. The summed E-state index contributed by atoms with van der Waals surface area (Å²) in [6, 6.07) is 5.73. The topological polar surface area (TPSA) is 67.5 Å². The smallest absolute Gasteiger partial charge is 0.230 e. The van der Waals surface area contributed by atoms with Crippen molar-refractivity contribution in [2.75, 3.05) is 5.88 Å². The first-order valence-electron chi connectivity index (χ1n) is 5.76. The number of halogens is 1. The van der Waals surface area contributed by atoms with Gasteiger partial charge in [-0.05, 0) is 25.5 Å². The number of alkyl halides is 1. The van der Waals surface area contributed by atoms with Gasteiger partial charge in [0, 0.05) is 12.1 Å². The van der Waals surface area contributed by atoms with Crippen molar-refractivity contribution in [1.29, 1.82) is 0 Å². The van der Waals surface area contributed by atoms with E-state index in [0.717, 1.165) is 16.8 Å². The molecule has 1 aliphatic heterocycles. The van der Waals surface area contributed by atoms with Gasteiger partial charge in [0.25, 0.3) is 0 Å². The van der Waals surface area contributed by atoms with Crippen LogP contribution in [0, 0.1) is 0 Å². The lowest BCUT2D eigenvalue weighted by atomic mass is 9.78. The van der Waals surface area contributed by atoms with Crippen molar-refractivity contribution >= 4 is 29.0 Å². The monoisotopic (exact) mass is 265 g/mol. The Bertz CT molecular complexity index is 523. The summed E-state index contributed by atoms with van der Waals surface area (Å²) in [7, 11) is 0. The molecule has 3 N–H and O–H groups in total. The van der Waals surface area contributed by atoms with E-state index in [1.807, 2.05) is 32.0 Å². The number of aliphatic imine (C=N–C) groups is 1. The first-order chi connectivity index (χ1) is 8.46. The standard InChI is InChI=1S/C13H16ClN3O/c1-13(2)9-4-3-5-10(17-11(15)6-14)8(9)7-16-12(13)18/h3-5H,6-7H2,1-2H3,(H2,15,17)(H,16,18). The lowest BCUT2D eigenvalue weighted by Gasteiger charge is -2.32. The minimum atomic E-state index is -0.547. The minimum absolute atomic E-state index is 0.0291. The van der Waals surface area contributed by atoms with Gasteiger partial charge in [0.2, 0.25) is 5.91 Å². The van der Waals surface area contributed by atoms with Crippen molar-refractivity contribution in [1.82, 2.24) is 5.32 Å². The van der Waals surface area contributed by atoms with Crippen LogP contribution in [0.3, 0.4) is 0 Å². The molecule has 0 atom stereocenters. The minimum Gasteiger partial charge on any atom is -0.386 e. The lowest BCUT2D eigenvalue weighted by molar-refractivity contribution is -0.126. The molecule has 0 unspecified atom stereocenters. The third-order valence-corrected chi connectivity index (χ3v) is 3.49. The average Bonchev–Trinajstić information content (AvgIpc) is 2.34. The first kappa shape index (κ1) is 12.9. The van der Waals surface area contributed by atoms with Gasteiger partial charge in [-0.1, -0.05) is 12.1 Å². The third-order valence-electron chi connectivity index (χ3n) is 3.22. The molecule has 5 heteroatoms. The molecule has 0 spiro atoms. The molecule has 0 fully saturated rings. The second-order valence-corrected chi connectivity index (χ2v) is 5.11. The Morgan fingerprint density at radius 1 is 1.56 bits per heavy atom. The van der Waals surface area contributed by atoms with Gasteiger partial charge in [-0.2, -0.15) is 0 Å². The molecule has 18 heavy (non-hydrogen) atoms. The Kier molecular flexibility index (Phi) is 3.30. The van der Waals surface area contributed by atoms with Crippen LogP contribution in [0.2, 0.25) is 0 Å². The lowest BCUT2D eigenvalue weighted by Crippen LogP contribution is -2.44. The molecule has 1 heterocycles. The number of nitrogens with one attached hydrogen (secondary N) is 1. The fourth-order valence-electron chi connectivity index (χ4n) is 2.15. The molecule has 1 amide bonds. The van der Waals surface area contributed by atoms with E-state index in [0.29, 0.717) is 12.4 Å². The van der Waals surface area contributed by atoms with Crippen molar-refractivity contribution in [3.8, 4) is 0 Å². The molecule has 2 rings (SSSR count). The molecule has 0 saturated carbocycles. The van der Waals surface area contributed by atoms with Gasteiger partial charge in [0.1, 0.15) is 5.84 Å². The molecule has 0 radical (unpaired) electrons. The SMILES string of the molecule is CC1(C)C(=O)NCc2c(N=C(N)CCl)cccc21. The van der Waals surface area contributed by atoms with Gasteiger partial charge < -0.3 is 11.1 Å². The zero-order chi connectivity index (χ0) is 13.3. The maximum absolute atomic E-state index is 11.9. The zero-order valence-corrected chi connectivity index (χ0v) is 11.2. The molecule has 4 nitrogen and oxygen atoms in total. The fourth-order valence-corrected chi connectivity index (χ4v) is 2.21. The highest BCUT2D eigenvalue weighted by Crippen LogP contribution is 2.35. The van der Waals surface area contributed by atoms with E-state index >= 15 is 0 Å². The van der Waals surface area contributed by atoms with Crippen molar-refractivity contribution < 1.29 is 4.79 Å². The number of fused-ring (bicyclic) bond motifs is 1. The highest BCUT2D eigenvalue weighted by Gasteiger charge is 2.36. The van der Waals surface area contributed by atoms with Crippen LogP contribution in [0.5, 0.6) is 0 Å². The molecule has 1 aliphatic rings.